The van der Waals surface area contributed by atoms with Crippen molar-refractivity contribution in [3.8, 4) is 11.5 Å². The topological polar surface area (TPSA) is 76.7 Å². The Labute approximate surface area is 159 Å². The monoisotopic (exact) mass is 396 g/mol. The molecule has 0 saturated heterocycles. The van der Waals surface area contributed by atoms with Gasteiger partial charge in [0.05, 0.1) is 13.5 Å². The third kappa shape index (κ3) is 7.56. The number of carbonyl (C=O) groups is 2. The molecule has 2 rings (SSSR count). The van der Waals surface area contributed by atoms with Crippen LogP contribution in [0.15, 0.2) is 48.5 Å². The fourth-order valence-electron chi connectivity index (χ4n) is 2.17. The highest BCUT2D eigenvalue weighted by molar-refractivity contribution is 5.92. The molecule has 0 unspecified atom stereocenters. The Kier molecular flexibility index (Phi) is 7.25. The molecule has 0 aliphatic carbocycles. The van der Waals surface area contributed by atoms with E-state index in [4.69, 9.17) is 9.47 Å². The molecule has 6 nitrogen and oxygen atoms in total. The van der Waals surface area contributed by atoms with Crippen molar-refractivity contribution in [2.45, 2.75) is 12.6 Å². The molecular weight excluding hydrogens is 377 g/mol. The first-order valence-electron chi connectivity index (χ1n) is 8.24. The number of amides is 2. The van der Waals surface area contributed by atoms with Gasteiger partial charge in [-0.3, -0.25) is 9.59 Å². The summed E-state index contributed by atoms with van der Waals surface area (Å²) in [5, 5.41) is 4.42. The minimum absolute atomic E-state index is 0.190. The molecule has 0 saturated carbocycles. The van der Waals surface area contributed by atoms with E-state index in [-0.39, 0.29) is 18.9 Å². The van der Waals surface area contributed by atoms with Crippen LogP contribution in [0.1, 0.15) is 5.56 Å². The predicted octanol–water partition coefficient (Wildman–Crippen LogP) is 2.93. The number of benzene rings is 2. The van der Waals surface area contributed by atoms with E-state index in [0.717, 1.165) is 0 Å². The molecule has 0 spiro atoms. The van der Waals surface area contributed by atoms with Crippen LogP contribution < -0.4 is 20.1 Å². The van der Waals surface area contributed by atoms with Gasteiger partial charge in [0.1, 0.15) is 18.0 Å². The van der Waals surface area contributed by atoms with E-state index in [1.165, 1.54) is 0 Å². The first-order chi connectivity index (χ1) is 13.2. The van der Waals surface area contributed by atoms with Crippen LogP contribution in [0.5, 0.6) is 11.5 Å². The first-order valence-corrected chi connectivity index (χ1v) is 8.24. The average Bonchev–Trinajstić information content (AvgIpc) is 2.66. The number of hydrogen-bond acceptors (Lipinski definition) is 4. The second-order valence-electron chi connectivity index (χ2n) is 5.78. The summed E-state index contributed by atoms with van der Waals surface area (Å²) in [6.07, 6.45) is -4.64. The number of nitrogens with one attached hydrogen (secondary N) is 2. The fraction of sp³-hybridized carbons (Fsp3) is 0.263. The molecule has 0 heterocycles. The van der Waals surface area contributed by atoms with E-state index in [0.29, 0.717) is 22.7 Å². The molecule has 0 radical (unpaired) electrons. The SMILES string of the molecule is COc1ccc(OCC(=O)Nc2ccc(CC(=O)NCC(F)(F)F)cc2)cc1. The lowest BCUT2D eigenvalue weighted by molar-refractivity contribution is -0.138. The zero-order chi connectivity index (χ0) is 20.6. The maximum absolute atomic E-state index is 12.1. The van der Waals surface area contributed by atoms with Gasteiger partial charge in [0.15, 0.2) is 6.61 Å². The molecular formula is C19H19F3N2O4. The van der Waals surface area contributed by atoms with Crippen molar-refractivity contribution in [1.82, 2.24) is 5.32 Å². The number of halogens is 3. The normalized spacial score (nSPS) is 10.9. The van der Waals surface area contributed by atoms with Gasteiger partial charge >= 0.3 is 6.18 Å². The summed E-state index contributed by atoms with van der Waals surface area (Å²) in [7, 11) is 1.55. The molecule has 2 amide bonds. The minimum Gasteiger partial charge on any atom is -0.497 e. The zero-order valence-corrected chi connectivity index (χ0v) is 15.0. The average molecular weight is 396 g/mol. The molecule has 28 heavy (non-hydrogen) atoms. The summed E-state index contributed by atoms with van der Waals surface area (Å²) in [6.45, 7) is -1.57. The van der Waals surface area contributed by atoms with Gasteiger partial charge in [-0.25, -0.2) is 0 Å². The van der Waals surface area contributed by atoms with Crippen molar-refractivity contribution in [2.24, 2.45) is 0 Å². The molecule has 2 aromatic carbocycles. The highest BCUT2D eigenvalue weighted by Gasteiger charge is 2.27. The molecule has 2 aromatic rings. The zero-order valence-electron chi connectivity index (χ0n) is 15.0. The van der Waals surface area contributed by atoms with Crippen molar-refractivity contribution in [2.75, 3.05) is 25.6 Å². The highest BCUT2D eigenvalue weighted by atomic mass is 19.4. The molecule has 0 atom stereocenters. The number of methoxy groups -OCH3 is 1. The van der Waals surface area contributed by atoms with Crippen LogP contribution in [0.4, 0.5) is 18.9 Å². The molecule has 0 aliphatic rings. The van der Waals surface area contributed by atoms with Crippen LogP contribution in [0.3, 0.4) is 0 Å². The van der Waals surface area contributed by atoms with E-state index in [9.17, 15) is 22.8 Å². The first kappa shape index (κ1) is 21.1. The summed E-state index contributed by atoms with van der Waals surface area (Å²) in [6, 6.07) is 13.0. The smallest absolute Gasteiger partial charge is 0.405 e. The van der Waals surface area contributed by atoms with Gasteiger partial charge in [0.2, 0.25) is 5.91 Å². The lowest BCUT2D eigenvalue weighted by atomic mass is 10.1. The van der Waals surface area contributed by atoms with Gasteiger partial charge < -0.3 is 20.1 Å². The third-order valence-corrected chi connectivity index (χ3v) is 3.52. The van der Waals surface area contributed by atoms with Crippen LogP contribution in [0.2, 0.25) is 0 Å². The number of ether oxygens (including phenoxy) is 2. The summed E-state index contributed by atoms with van der Waals surface area (Å²) in [5.41, 5.74) is 0.995. The minimum atomic E-state index is -4.45. The summed E-state index contributed by atoms with van der Waals surface area (Å²) >= 11 is 0. The Balaban J connectivity index is 1.77. The Bertz CT molecular complexity index is 790. The lowest BCUT2D eigenvalue weighted by Crippen LogP contribution is -2.34. The largest absolute Gasteiger partial charge is 0.497 e. The van der Waals surface area contributed by atoms with Crippen molar-refractivity contribution >= 4 is 17.5 Å². The maximum Gasteiger partial charge on any atom is 0.405 e. The van der Waals surface area contributed by atoms with E-state index in [2.05, 4.69) is 5.32 Å². The maximum atomic E-state index is 12.1. The van der Waals surface area contributed by atoms with Gasteiger partial charge in [-0.15, -0.1) is 0 Å². The van der Waals surface area contributed by atoms with Gasteiger partial charge in [0.25, 0.3) is 5.91 Å². The quantitative estimate of drug-likeness (QED) is 0.719. The Morgan fingerprint density at radius 3 is 2.11 bits per heavy atom. The third-order valence-electron chi connectivity index (χ3n) is 3.52. The van der Waals surface area contributed by atoms with Crippen LogP contribution in [0, 0.1) is 0 Å². The Hall–Kier alpha value is -3.23. The van der Waals surface area contributed by atoms with Gasteiger partial charge in [0, 0.05) is 5.69 Å². The number of alkyl halides is 3. The Morgan fingerprint density at radius 1 is 0.929 bits per heavy atom. The van der Waals surface area contributed by atoms with Crippen LogP contribution in [0.25, 0.3) is 0 Å². The van der Waals surface area contributed by atoms with Crippen LogP contribution >= 0.6 is 0 Å². The molecule has 9 heteroatoms. The van der Waals surface area contributed by atoms with Gasteiger partial charge in [-0.1, -0.05) is 12.1 Å². The van der Waals surface area contributed by atoms with E-state index >= 15 is 0 Å². The van der Waals surface area contributed by atoms with Crippen LogP contribution in [-0.4, -0.2) is 38.3 Å². The summed E-state index contributed by atoms with van der Waals surface area (Å²) in [4.78, 5) is 23.4. The second kappa shape index (κ2) is 9.63. The van der Waals surface area contributed by atoms with Crippen molar-refractivity contribution in [3.05, 3.63) is 54.1 Å². The molecule has 0 aromatic heterocycles. The molecule has 150 valence electrons. The molecule has 2 N–H and O–H groups in total. The van der Waals surface area contributed by atoms with E-state index in [1.807, 2.05) is 0 Å². The van der Waals surface area contributed by atoms with E-state index < -0.39 is 18.6 Å². The van der Waals surface area contributed by atoms with Crippen molar-refractivity contribution in [1.29, 1.82) is 0 Å². The van der Waals surface area contributed by atoms with Crippen molar-refractivity contribution < 1.29 is 32.2 Å². The predicted molar refractivity (Wildman–Crippen MR) is 96.3 cm³/mol. The second-order valence-corrected chi connectivity index (χ2v) is 5.78. The molecule has 0 bridgehead atoms. The van der Waals surface area contributed by atoms with E-state index in [1.54, 1.807) is 61.0 Å². The molecule has 0 fully saturated rings. The number of carbonyl (C=O) groups excluding carboxylic acids is 2. The highest BCUT2D eigenvalue weighted by Crippen LogP contribution is 2.17. The van der Waals surface area contributed by atoms with Crippen molar-refractivity contribution in [3.63, 3.8) is 0 Å². The fourth-order valence-corrected chi connectivity index (χ4v) is 2.17. The van der Waals surface area contributed by atoms with Gasteiger partial charge in [-0.2, -0.15) is 13.2 Å². The number of anilines is 1. The standard InChI is InChI=1S/C19H19F3N2O4/c1-27-15-6-8-16(9-7-15)28-11-18(26)24-14-4-2-13(3-5-14)10-17(25)23-12-19(20,21)22/h2-9H,10-12H2,1H3,(H,23,25)(H,24,26). The summed E-state index contributed by atoms with van der Waals surface area (Å²) < 4.78 is 46.6. The van der Waals surface area contributed by atoms with Gasteiger partial charge in [-0.05, 0) is 42.0 Å². The lowest BCUT2D eigenvalue weighted by Gasteiger charge is -2.10. The number of rotatable bonds is 8. The number of hydrogen-bond donors (Lipinski definition) is 2. The summed E-state index contributed by atoms with van der Waals surface area (Å²) in [5.74, 6) is 0.0636. The molecule has 0 aliphatic heterocycles. The Morgan fingerprint density at radius 2 is 1.54 bits per heavy atom. The van der Waals surface area contributed by atoms with Crippen LogP contribution in [-0.2, 0) is 16.0 Å².